The largest absolute Gasteiger partial charge is 0.396 e. The average Bonchev–Trinajstić information content (AvgIpc) is 2.45. The number of anilines is 1. The molecule has 0 saturated carbocycles. The SMILES string of the molecule is CCCC(CCO)CNc1ccccc1S(=O)(=O)C(F)F. The van der Waals surface area contributed by atoms with Crippen molar-refractivity contribution in [2.45, 2.75) is 36.8 Å². The lowest BCUT2D eigenvalue weighted by molar-refractivity contribution is 0.235. The van der Waals surface area contributed by atoms with Gasteiger partial charge in [0.15, 0.2) is 0 Å². The number of aliphatic hydroxyl groups excluding tert-OH is 1. The van der Waals surface area contributed by atoms with Gasteiger partial charge in [0.05, 0.1) is 10.6 Å². The molecule has 0 radical (unpaired) electrons. The summed E-state index contributed by atoms with van der Waals surface area (Å²) >= 11 is 0. The minimum absolute atomic E-state index is 0.0450. The Morgan fingerprint density at radius 2 is 1.90 bits per heavy atom. The first kappa shape index (κ1) is 17.8. The van der Waals surface area contributed by atoms with E-state index in [1.165, 1.54) is 18.2 Å². The highest BCUT2D eigenvalue weighted by molar-refractivity contribution is 7.91. The Hall–Kier alpha value is -1.21. The predicted octanol–water partition coefficient (Wildman–Crippen LogP) is 2.89. The number of sulfone groups is 1. The van der Waals surface area contributed by atoms with Gasteiger partial charge >= 0.3 is 5.76 Å². The zero-order chi connectivity index (χ0) is 15.9. The summed E-state index contributed by atoms with van der Waals surface area (Å²) in [6.45, 7) is 2.49. The summed E-state index contributed by atoms with van der Waals surface area (Å²) in [5.74, 6) is -3.27. The highest BCUT2D eigenvalue weighted by Crippen LogP contribution is 2.26. The van der Waals surface area contributed by atoms with Crippen LogP contribution in [0, 0.1) is 5.92 Å². The average molecular weight is 321 g/mol. The standard InChI is InChI=1S/C14H21F2NO3S/c1-2-5-11(8-9-18)10-17-12-6-3-4-7-13(12)21(19,20)14(15)16/h3-4,6-7,11,14,17-18H,2,5,8-10H2,1H3. The fourth-order valence-corrected chi connectivity index (χ4v) is 3.06. The van der Waals surface area contributed by atoms with Crippen LogP contribution in [-0.2, 0) is 9.84 Å². The second-order valence-electron chi connectivity index (χ2n) is 4.85. The third kappa shape index (κ3) is 4.93. The van der Waals surface area contributed by atoms with Crippen LogP contribution >= 0.6 is 0 Å². The van der Waals surface area contributed by atoms with Crippen molar-refractivity contribution < 1.29 is 22.3 Å². The van der Waals surface area contributed by atoms with Crippen LogP contribution < -0.4 is 5.32 Å². The third-order valence-electron chi connectivity index (χ3n) is 3.24. The first-order valence-corrected chi connectivity index (χ1v) is 8.43. The molecule has 1 aromatic carbocycles. The maximum absolute atomic E-state index is 12.7. The number of nitrogens with one attached hydrogen (secondary N) is 1. The molecule has 1 unspecified atom stereocenters. The number of alkyl halides is 2. The van der Waals surface area contributed by atoms with E-state index < -0.39 is 15.6 Å². The molecule has 7 heteroatoms. The van der Waals surface area contributed by atoms with Gasteiger partial charge in [-0.1, -0.05) is 25.5 Å². The second kappa shape index (κ2) is 8.29. The van der Waals surface area contributed by atoms with Crippen LogP contribution in [-0.4, -0.2) is 32.4 Å². The minimum Gasteiger partial charge on any atom is -0.396 e. The van der Waals surface area contributed by atoms with E-state index in [-0.39, 0.29) is 23.1 Å². The highest BCUT2D eigenvalue weighted by Gasteiger charge is 2.29. The lowest BCUT2D eigenvalue weighted by atomic mass is 10.0. The number of hydrogen-bond acceptors (Lipinski definition) is 4. The van der Waals surface area contributed by atoms with Crippen molar-refractivity contribution >= 4 is 15.5 Å². The van der Waals surface area contributed by atoms with Gasteiger partial charge in [-0.2, -0.15) is 8.78 Å². The molecule has 0 heterocycles. The molecular weight excluding hydrogens is 300 g/mol. The first-order chi connectivity index (χ1) is 9.93. The molecule has 21 heavy (non-hydrogen) atoms. The molecule has 0 saturated heterocycles. The summed E-state index contributed by atoms with van der Waals surface area (Å²) in [7, 11) is -4.63. The van der Waals surface area contributed by atoms with Crippen LogP contribution in [0.2, 0.25) is 0 Å². The van der Waals surface area contributed by atoms with Gasteiger partial charge in [0.1, 0.15) is 0 Å². The van der Waals surface area contributed by atoms with E-state index in [1.54, 1.807) is 6.07 Å². The monoisotopic (exact) mass is 321 g/mol. The normalized spacial score (nSPS) is 13.4. The van der Waals surface area contributed by atoms with E-state index in [4.69, 9.17) is 5.11 Å². The molecule has 0 amide bonds. The van der Waals surface area contributed by atoms with E-state index in [0.717, 1.165) is 12.8 Å². The second-order valence-corrected chi connectivity index (χ2v) is 6.74. The Labute approximate surface area is 124 Å². The van der Waals surface area contributed by atoms with Gasteiger partial charge in [-0.15, -0.1) is 0 Å². The molecule has 0 spiro atoms. The van der Waals surface area contributed by atoms with Crippen molar-refractivity contribution in [3.63, 3.8) is 0 Å². The quantitative estimate of drug-likeness (QED) is 0.734. The first-order valence-electron chi connectivity index (χ1n) is 6.89. The Morgan fingerprint density at radius 3 is 2.48 bits per heavy atom. The van der Waals surface area contributed by atoms with Crippen LogP contribution in [0.15, 0.2) is 29.2 Å². The molecule has 120 valence electrons. The maximum atomic E-state index is 12.7. The van der Waals surface area contributed by atoms with Gasteiger partial charge in [0.2, 0.25) is 9.84 Å². The van der Waals surface area contributed by atoms with Crippen LogP contribution in [0.1, 0.15) is 26.2 Å². The molecule has 0 aliphatic heterocycles. The summed E-state index contributed by atoms with van der Waals surface area (Å²) in [6.07, 6.45) is 2.39. The van der Waals surface area contributed by atoms with Gasteiger partial charge in [0.25, 0.3) is 0 Å². The van der Waals surface area contributed by atoms with Crippen LogP contribution in [0.4, 0.5) is 14.5 Å². The Balaban J connectivity index is 2.89. The Morgan fingerprint density at radius 1 is 1.24 bits per heavy atom. The van der Waals surface area contributed by atoms with Crippen molar-refractivity contribution in [1.82, 2.24) is 0 Å². The molecular formula is C14H21F2NO3S. The van der Waals surface area contributed by atoms with Gasteiger partial charge in [-0.3, -0.25) is 0 Å². The number of halogens is 2. The van der Waals surface area contributed by atoms with E-state index in [1.807, 2.05) is 6.92 Å². The number of para-hydroxylation sites is 1. The molecule has 1 atom stereocenters. The molecule has 0 aliphatic rings. The van der Waals surface area contributed by atoms with Gasteiger partial charge in [0, 0.05) is 13.2 Å². The minimum atomic E-state index is -4.63. The lowest BCUT2D eigenvalue weighted by Crippen LogP contribution is -2.19. The predicted molar refractivity (Wildman–Crippen MR) is 78.2 cm³/mol. The van der Waals surface area contributed by atoms with E-state index >= 15 is 0 Å². The lowest BCUT2D eigenvalue weighted by Gasteiger charge is -2.18. The van der Waals surface area contributed by atoms with Gasteiger partial charge in [-0.25, -0.2) is 8.42 Å². The van der Waals surface area contributed by atoms with Crippen LogP contribution in [0.5, 0.6) is 0 Å². The Bertz CT molecular complexity index is 529. The van der Waals surface area contributed by atoms with Crippen molar-refractivity contribution in [3.05, 3.63) is 24.3 Å². The Kier molecular flexibility index (Phi) is 7.04. The summed E-state index contributed by atoms with van der Waals surface area (Å²) in [4.78, 5) is -0.390. The van der Waals surface area contributed by atoms with Crippen LogP contribution in [0.25, 0.3) is 0 Å². The van der Waals surface area contributed by atoms with E-state index in [9.17, 15) is 17.2 Å². The summed E-state index contributed by atoms with van der Waals surface area (Å²) in [6, 6.07) is 5.65. The van der Waals surface area contributed by atoms with Crippen molar-refractivity contribution in [2.24, 2.45) is 5.92 Å². The topological polar surface area (TPSA) is 66.4 Å². The van der Waals surface area contributed by atoms with E-state index in [0.29, 0.717) is 13.0 Å². The third-order valence-corrected chi connectivity index (χ3v) is 4.68. The molecule has 0 aromatic heterocycles. The molecule has 0 fully saturated rings. The summed E-state index contributed by atoms with van der Waals surface area (Å²) < 4.78 is 48.6. The number of aliphatic hydroxyl groups is 1. The molecule has 0 bridgehead atoms. The van der Waals surface area contributed by atoms with Crippen molar-refractivity contribution in [3.8, 4) is 0 Å². The zero-order valence-electron chi connectivity index (χ0n) is 11.9. The maximum Gasteiger partial charge on any atom is 0.341 e. The van der Waals surface area contributed by atoms with E-state index in [2.05, 4.69) is 5.32 Å². The summed E-state index contributed by atoms with van der Waals surface area (Å²) in [5, 5.41) is 11.9. The molecule has 4 nitrogen and oxygen atoms in total. The molecule has 1 rings (SSSR count). The molecule has 1 aromatic rings. The number of benzene rings is 1. The molecule has 0 aliphatic carbocycles. The van der Waals surface area contributed by atoms with Crippen LogP contribution in [0.3, 0.4) is 0 Å². The fourth-order valence-electron chi connectivity index (χ4n) is 2.15. The van der Waals surface area contributed by atoms with Gasteiger partial charge in [-0.05, 0) is 30.9 Å². The zero-order valence-corrected chi connectivity index (χ0v) is 12.7. The molecule has 2 N–H and O–H groups in total. The fraction of sp³-hybridized carbons (Fsp3) is 0.571. The number of hydrogen-bond donors (Lipinski definition) is 2. The number of rotatable bonds is 9. The van der Waals surface area contributed by atoms with Crippen molar-refractivity contribution in [1.29, 1.82) is 0 Å². The summed E-state index contributed by atoms with van der Waals surface area (Å²) in [5.41, 5.74) is 0.178. The van der Waals surface area contributed by atoms with Gasteiger partial charge < -0.3 is 10.4 Å². The highest BCUT2D eigenvalue weighted by atomic mass is 32.2. The smallest absolute Gasteiger partial charge is 0.341 e. The van der Waals surface area contributed by atoms with Crippen molar-refractivity contribution in [2.75, 3.05) is 18.5 Å².